The highest BCUT2D eigenvalue weighted by molar-refractivity contribution is 7.66. The van der Waals surface area contributed by atoms with E-state index in [0.717, 1.165) is 10.8 Å². The molecule has 2 aromatic carbocycles. The Morgan fingerprint density at radius 3 is 2.41 bits per heavy atom. The summed E-state index contributed by atoms with van der Waals surface area (Å²) in [6, 6.07) is 11.9. The lowest BCUT2D eigenvalue weighted by molar-refractivity contribution is -0.0450. The van der Waals surface area contributed by atoms with Gasteiger partial charge in [0.25, 0.3) is 11.5 Å². The molecule has 0 radical (unpaired) electrons. The smallest absolute Gasteiger partial charge is 0.490 e. The zero-order valence-corrected chi connectivity index (χ0v) is 32.2. The van der Waals surface area contributed by atoms with Crippen LogP contribution in [0.25, 0.3) is 39.5 Å². The fourth-order valence-electron chi connectivity index (χ4n) is 6.01. The standard InChI is InChI=1S/C33H30N3O20P3/c37-18-4-7-21-25(11-18)53-26-12-19(38)5-8-22(26)29(21)23-10-16(3-6-20(23)32(42)43)30(40)34-9-1-2-17-14-36(33(44)35-31(17)41)28-13-24(39)27(54-28)15-52-58(48,49)56-59(50,51)55-57(45,46)47/h1-8,10-12,14,24,27-28,37,39H,9,13,15H2,(H,34,40)(H,42,43)(H,48,49)(H,50,51)(H,35,41,44)(H2,45,46,47)/b2-1+/t24-,27+,28+/m0/s1. The molecule has 312 valence electrons. The Morgan fingerprint density at radius 2 is 1.69 bits per heavy atom. The van der Waals surface area contributed by atoms with Crippen molar-refractivity contribution in [2.45, 2.75) is 24.9 Å². The van der Waals surface area contributed by atoms with Crippen LogP contribution in [0.2, 0.25) is 0 Å². The number of carboxylic acids is 1. The number of ether oxygens (including phenoxy) is 1. The van der Waals surface area contributed by atoms with Gasteiger partial charge in [0.15, 0.2) is 5.43 Å². The van der Waals surface area contributed by atoms with E-state index in [0.29, 0.717) is 16.5 Å². The Kier molecular flexibility index (Phi) is 12.2. The molecule has 59 heavy (non-hydrogen) atoms. The first-order chi connectivity index (χ1) is 27.6. The van der Waals surface area contributed by atoms with Gasteiger partial charge in [0.1, 0.15) is 29.4 Å². The average molecular weight is 882 g/mol. The maximum Gasteiger partial charge on any atom is 0.490 e. The number of nitrogens with one attached hydrogen (secondary N) is 2. The van der Waals surface area contributed by atoms with Crippen molar-refractivity contribution < 1.29 is 80.5 Å². The second-order valence-corrected chi connectivity index (χ2v) is 17.0. The van der Waals surface area contributed by atoms with Crippen LogP contribution in [0.3, 0.4) is 0 Å². The summed E-state index contributed by atoms with van der Waals surface area (Å²) in [5.41, 5.74) is -1.65. The quantitative estimate of drug-likeness (QED) is 0.0570. The van der Waals surface area contributed by atoms with Crippen LogP contribution in [-0.2, 0) is 31.6 Å². The molecule has 1 amide bonds. The molecule has 1 aromatic heterocycles. The second-order valence-electron chi connectivity index (χ2n) is 12.6. The number of phenols is 1. The Balaban J connectivity index is 1.16. The Labute approximate surface area is 328 Å². The molecular formula is C33H30N3O20P3. The minimum Gasteiger partial charge on any atom is -0.508 e. The number of aromatic carboxylic acids is 1. The number of amides is 1. The summed E-state index contributed by atoms with van der Waals surface area (Å²) in [6.07, 6.45) is -0.989. The van der Waals surface area contributed by atoms with E-state index in [1.54, 1.807) is 0 Å². The number of phosphoric acid groups is 3. The SMILES string of the molecule is O=C(NC/C=C/c1cn([C@H]2C[C@H](O)[C@@H](COP(=O)(O)OP(=O)(O)OP(=O)(O)O)O2)c(=O)[nH]c1=O)c1ccc(C(=O)O)c(-c2c3ccc(=O)cc-3oc3cc(O)ccc23)c1. The van der Waals surface area contributed by atoms with Gasteiger partial charge >= 0.3 is 35.1 Å². The van der Waals surface area contributed by atoms with Gasteiger partial charge in [0, 0.05) is 53.4 Å². The van der Waals surface area contributed by atoms with Crippen LogP contribution in [0.5, 0.6) is 5.75 Å². The van der Waals surface area contributed by atoms with Crippen molar-refractivity contribution in [3.8, 4) is 28.2 Å². The van der Waals surface area contributed by atoms with Crippen molar-refractivity contribution in [2.75, 3.05) is 13.2 Å². The number of rotatable bonds is 14. The predicted octanol–water partition coefficient (Wildman–Crippen LogP) is 2.25. The van der Waals surface area contributed by atoms with Crippen molar-refractivity contribution in [3.05, 3.63) is 115 Å². The van der Waals surface area contributed by atoms with Gasteiger partial charge in [0.05, 0.1) is 23.8 Å². The molecule has 0 saturated carbocycles. The molecular weight excluding hydrogens is 851 g/mol. The monoisotopic (exact) mass is 881 g/mol. The van der Waals surface area contributed by atoms with E-state index in [9.17, 15) is 62.8 Å². The summed E-state index contributed by atoms with van der Waals surface area (Å²) >= 11 is 0. The van der Waals surface area contributed by atoms with E-state index in [-0.39, 0.29) is 57.7 Å². The van der Waals surface area contributed by atoms with Gasteiger partial charge in [-0.2, -0.15) is 8.62 Å². The predicted molar refractivity (Wildman–Crippen MR) is 200 cm³/mol. The molecule has 2 unspecified atom stereocenters. The average Bonchev–Trinajstić information content (AvgIpc) is 3.49. The first-order valence-electron chi connectivity index (χ1n) is 16.6. The first-order valence-corrected chi connectivity index (χ1v) is 21.1. The molecule has 3 heterocycles. The zero-order valence-electron chi connectivity index (χ0n) is 29.5. The topological polar surface area (TPSA) is 361 Å². The number of aliphatic hydroxyl groups excluding tert-OH is 1. The molecule has 26 heteroatoms. The lowest BCUT2D eigenvalue weighted by atomic mass is 9.89. The third kappa shape index (κ3) is 10.3. The lowest BCUT2D eigenvalue weighted by Gasteiger charge is -2.19. The largest absolute Gasteiger partial charge is 0.508 e. The minimum atomic E-state index is -5.81. The molecule has 1 saturated heterocycles. The Bertz CT molecular complexity index is 2810. The van der Waals surface area contributed by atoms with E-state index in [1.807, 2.05) is 0 Å². The highest BCUT2D eigenvalue weighted by atomic mass is 31.3. The molecule has 1 aliphatic carbocycles. The fraction of sp³-hybridized carbons (Fsp3) is 0.182. The molecule has 23 nitrogen and oxygen atoms in total. The number of carbonyl (C=O) groups is 2. The van der Waals surface area contributed by atoms with Gasteiger partial charge in [-0.05, 0) is 48.0 Å². The number of aromatic amines is 1. The number of phenolic OH excluding ortho intramolecular Hbond substituents is 1. The van der Waals surface area contributed by atoms with Gasteiger partial charge in [-0.25, -0.2) is 23.3 Å². The number of phosphoric ester groups is 1. The Morgan fingerprint density at radius 1 is 0.949 bits per heavy atom. The van der Waals surface area contributed by atoms with E-state index in [2.05, 4.69) is 23.4 Å². The third-order valence-electron chi connectivity index (χ3n) is 8.46. The highest BCUT2D eigenvalue weighted by Gasteiger charge is 2.43. The van der Waals surface area contributed by atoms with Crippen LogP contribution in [0, 0.1) is 0 Å². The lowest BCUT2D eigenvalue weighted by Crippen LogP contribution is -2.33. The number of H-pyrrole nitrogens is 1. The number of hydrogen-bond acceptors (Lipinski definition) is 15. The van der Waals surface area contributed by atoms with Crippen molar-refractivity contribution in [3.63, 3.8) is 0 Å². The number of benzene rings is 3. The summed E-state index contributed by atoms with van der Waals surface area (Å²) in [5, 5.41) is 33.6. The van der Waals surface area contributed by atoms with E-state index < -0.39 is 71.6 Å². The summed E-state index contributed by atoms with van der Waals surface area (Å²) in [5.74, 6) is -2.04. The van der Waals surface area contributed by atoms with E-state index in [4.69, 9.17) is 18.9 Å². The number of hydrogen-bond donors (Lipinski definition) is 9. The molecule has 0 spiro atoms. The van der Waals surface area contributed by atoms with Crippen LogP contribution in [0.1, 0.15) is 38.9 Å². The van der Waals surface area contributed by atoms with Gasteiger partial charge in [-0.15, -0.1) is 0 Å². The summed E-state index contributed by atoms with van der Waals surface area (Å²) < 4.78 is 58.4. The van der Waals surface area contributed by atoms with Crippen LogP contribution in [0.15, 0.2) is 85.7 Å². The second kappa shape index (κ2) is 16.7. The van der Waals surface area contributed by atoms with Crippen LogP contribution in [-0.4, -0.2) is 81.7 Å². The molecule has 3 aliphatic rings. The number of nitrogens with zero attached hydrogens (tertiary/aromatic N) is 1. The van der Waals surface area contributed by atoms with Crippen molar-refractivity contribution in [1.29, 1.82) is 0 Å². The third-order valence-corrected chi connectivity index (χ3v) is 12.3. The van der Waals surface area contributed by atoms with E-state index >= 15 is 0 Å². The Hall–Kier alpha value is -5.38. The number of carbonyl (C=O) groups excluding carboxylic acids is 1. The fourth-order valence-corrected chi connectivity index (χ4v) is 9.04. The molecule has 9 N–H and O–H groups in total. The van der Waals surface area contributed by atoms with Crippen molar-refractivity contribution in [1.82, 2.24) is 14.9 Å². The molecule has 0 bridgehead atoms. The summed E-state index contributed by atoms with van der Waals surface area (Å²) in [7, 11) is -17.0. The van der Waals surface area contributed by atoms with Crippen LogP contribution < -0.4 is 22.0 Å². The summed E-state index contributed by atoms with van der Waals surface area (Å²) in [4.78, 5) is 101. The first kappa shape index (κ1) is 43.2. The summed E-state index contributed by atoms with van der Waals surface area (Å²) in [6.45, 7) is -1.20. The van der Waals surface area contributed by atoms with Gasteiger partial charge in [-0.3, -0.25) is 28.5 Å². The maximum absolute atomic E-state index is 13.3. The number of aliphatic hydroxyl groups is 1. The maximum atomic E-state index is 13.3. The van der Waals surface area contributed by atoms with Crippen molar-refractivity contribution >= 4 is 52.4 Å². The minimum absolute atomic E-state index is 0.0190. The number of carboxylic acid groups (broad SMARTS) is 1. The van der Waals surface area contributed by atoms with Gasteiger partial charge < -0.3 is 49.4 Å². The van der Waals surface area contributed by atoms with Crippen LogP contribution in [0.4, 0.5) is 0 Å². The van der Waals surface area contributed by atoms with Crippen molar-refractivity contribution in [2.24, 2.45) is 0 Å². The highest BCUT2D eigenvalue weighted by Crippen LogP contribution is 2.66. The number of aromatic hydroxyl groups is 1. The van der Waals surface area contributed by atoms with E-state index in [1.165, 1.54) is 66.7 Å². The molecule has 1 fully saturated rings. The molecule has 6 rings (SSSR count). The zero-order chi connectivity index (χ0) is 43.0. The molecule has 3 aromatic rings. The normalized spacial score (nSPS) is 19.2. The van der Waals surface area contributed by atoms with Gasteiger partial charge in [-0.1, -0.05) is 12.2 Å². The number of fused-ring (bicyclic) bond motifs is 2. The number of aromatic nitrogens is 2. The molecule has 2 aliphatic heterocycles. The van der Waals surface area contributed by atoms with Crippen LogP contribution >= 0.6 is 23.5 Å². The van der Waals surface area contributed by atoms with Gasteiger partial charge in [0.2, 0.25) is 0 Å². The molecule has 5 atom stereocenters.